The van der Waals surface area contributed by atoms with E-state index in [2.05, 4.69) is 207 Å². The first-order valence-corrected chi connectivity index (χ1v) is 45.2. The number of fused-ring (bicyclic) bond motifs is 16. The molecule has 8 aromatic rings. The quantitative estimate of drug-likeness (QED) is 0.0882. The van der Waals surface area contributed by atoms with Gasteiger partial charge in [0, 0.05) is 143 Å². The number of benzene rings is 4. The number of ether oxygens (including phenoxy) is 4. The van der Waals surface area contributed by atoms with E-state index in [4.69, 9.17) is 78.8 Å². The van der Waals surface area contributed by atoms with Gasteiger partial charge in [-0.3, -0.25) is 0 Å². The molecule has 0 saturated carbocycles. The minimum Gasteiger partial charge on any atom is -0.496 e. The topological polar surface area (TPSA) is 205 Å². The summed E-state index contributed by atoms with van der Waals surface area (Å²) >= 11 is 12.7. The lowest BCUT2D eigenvalue weighted by Crippen LogP contribution is -2.24. The van der Waals surface area contributed by atoms with Crippen molar-refractivity contribution in [1.82, 2.24) is 59.8 Å². The number of rotatable bonds is 16. The minimum atomic E-state index is -0.182. The van der Waals surface area contributed by atoms with Gasteiger partial charge < -0.3 is 38.5 Å². The molecule has 0 aliphatic carbocycles. The maximum atomic E-state index is 6.45. The van der Waals surface area contributed by atoms with Gasteiger partial charge in [-0.2, -0.15) is 59.8 Å². The van der Waals surface area contributed by atoms with E-state index < -0.39 is 0 Å². The van der Waals surface area contributed by atoms with E-state index in [1.807, 2.05) is 0 Å². The highest BCUT2D eigenvalue weighted by atomic mass is 32.2. The fourth-order valence-corrected chi connectivity index (χ4v) is 18.8. The van der Waals surface area contributed by atoms with Gasteiger partial charge >= 0.3 is 0 Å². The van der Waals surface area contributed by atoms with Gasteiger partial charge in [0.15, 0.2) is 41.3 Å². The summed E-state index contributed by atoms with van der Waals surface area (Å²) in [5.74, 6) is 10.2. The van der Waals surface area contributed by atoms with Crippen LogP contribution in [0, 0.1) is 0 Å². The summed E-state index contributed by atoms with van der Waals surface area (Å²) in [6, 6.07) is 18.2. The second-order valence-corrected chi connectivity index (χ2v) is 37.7. The van der Waals surface area contributed by atoms with Gasteiger partial charge in [-0.05, 0) is 99.3 Å². The van der Waals surface area contributed by atoms with Crippen LogP contribution in [0.1, 0.15) is 205 Å². The molecule has 0 saturated heterocycles. The molecule has 1 aliphatic rings. The van der Waals surface area contributed by atoms with Crippen LogP contribution in [-0.4, -0.2) is 141 Å². The Hall–Kier alpha value is -5.88. The zero-order valence-electron chi connectivity index (χ0n) is 68.0. The number of hydrogen-bond donors (Lipinski definition) is 0. The summed E-state index contributed by atoms with van der Waals surface area (Å²) in [5.41, 5.74) is 12.4. The predicted molar refractivity (Wildman–Crippen MR) is 457 cm³/mol. The summed E-state index contributed by atoms with van der Waals surface area (Å²) in [7, 11) is 7.05. The van der Waals surface area contributed by atoms with E-state index in [-0.39, 0.29) is 21.7 Å². The Bertz CT molecular complexity index is 3620. The molecule has 0 unspecified atom stereocenters. The fraction of sp³-hybridized carbons (Fsp3) is 0.550. The standard InChI is InChI=1S/C80H112N16O4S8/c1-25-93(26-2)65-81-69-89-70(82-65)102-42-50-34-58(78(12,13)14)36-52(62(50)98-22)44-104-72-84-67(95(29-5)30-6)86-74(91-72)106-46-54-38-60(80(18,19)20)40-56(64(54)100-24)48-108-76-88-68(96(31-7)32-8)87-75(92-76)107-47-55-39-59(79(15,16)17)37-53(63(55)99-23)45-105-73-85-66(94(27-3)28-4)83-71(90-73)103-43-51-35-57(77(9,10)11)33-49(41-101-69)61(51)97-21/h33-40H,25-32,41-48H2,1-24H3. The largest absolute Gasteiger partial charge is 0.496 e. The van der Waals surface area contributed by atoms with E-state index in [9.17, 15) is 0 Å². The van der Waals surface area contributed by atoms with Crippen LogP contribution in [0.5, 0.6) is 23.0 Å². The first-order valence-electron chi connectivity index (χ1n) is 37.3. The van der Waals surface area contributed by atoms with Crippen LogP contribution < -0.4 is 38.5 Å². The third kappa shape index (κ3) is 22.3. The Kier molecular flexibility index (Phi) is 30.7. The third-order valence-corrected chi connectivity index (χ3v) is 25.8. The Morgan fingerprint density at radius 1 is 0.241 bits per heavy atom. The zero-order chi connectivity index (χ0) is 78.4. The maximum absolute atomic E-state index is 6.45. The van der Waals surface area contributed by atoms with Crippen LogP contribution in [0.15, 0.2) is 89.8 Å². The zero-order valence-corrected chi connectivity index (χ0v) is 74.5. The molecule has 4 aromatic carbocycles. The molecule has 1 aliphatic heterocycles. The molecule has 20 nitrogen and oxygen atoms in total. The Morgan fingerprint density at radius 3 is 0.472 bits per heavy atom. The van der Waals surface area contributed by atoms with Gasteiger partial charge in [-0.15, -0.1) is 0 Å². The van der Waals surface area contributed by atoms with Gasteiger partial charge in [0.25, 0.3) is 0 Å². The number of hydrogen-bond acceptors (Lipinski definition) is 28. The number of anilines is 4. The first-order chi connectivity index (χ1) is 51.4. The van der Waals surface area contributed by atoms with E-state index in [1.54, 1.807) is 123 Å². The molecular formula is C80H112N16O4S8. The number of thioether (sulfide) groups is 8. The van der Waals surface area contributed by atoms with Crippen molar-refractivity contribution in [1.29, 1.82) is 0 Å². The number of methoxy groups -OCH3 is 4. The van der Waals surface area contributed by atoms with Crippen LogP contribution >= 0.6 is 94.1 Å². The fourth-order valence-electron chi connectivity index (χ4n) is 12.2. The van der Waals surface area contributed by atoms with E-state index >= 15 is 0 Å². The highest BCUT2D eigenvalue weighted by Crippen LogP contribution is 2.45. The monoisotopic (exact) mass is 1620 g/mol. The van der Waals surface area contributed by atoms with Crippen molar-refractivity contribution < 1.29 is 18.9 Å². The summed E-state index contributed by atoms with van der Waals surface area (Å²) in [6.07, 6.45) is 0. The number of aromatic nitrogens is 12. The summed E-state index contributed by atoms with van der Waals surface area (Å²) < 4.78 is 25.8. The van der Waals surface area contributed by atoms with Crippen molar-refractivity contribution in [2.45, 2.75) is 247 Å². The van der Waals surface area contributed by atoms with Gasteiger partial charge in [-0.25, -0.2) is 0 Å². The molecule has 28 heteroatoms. The summed E-state index contributed by atoms with van der Waals surface area (Å²) in [6.45, 7) is 50.0. The molecule has 0 spiro atoms. The lowest BCUT2D eigenvalue weighted by Gasteiger charge is -2.24. The van der Waals surface area contributed by atoms with Gasteiger partial charge in [-0.1, -0.05) is 226 Å². The highest BCUT2D eigenvalue weighted by molar-refractivity contribution is 8.00. The average molecular weight is 1620 g/mol. The Balaban J connectivity index is 1.18. The lowest BCUT2D eigenvalue weighted by atomic mass is 9.85. The average Bonchev–Trinajstić information content (AvgIpc) is 0.806. The van der Waals surface area contributed by atoms with Crippen LogP contribution in [0.25, 0.3) is 0 Å². The van der Waals surface area contributed by atoms with Crippen molar-refractivity contribution in [2.24, 2.45) is 0 Å². The van der Waals surface area contributed by atoms with Crippen molar-refractivity contribution >= 4 is 118 Å². The normalized spacial score (nSPS) is 14.0. The molecule has 5 heterocycles. The van der Waals surface area contributed by atoms with Crippen LogP contribution in [0.2, 0.25) is 0 Å². The smallest absolute Gasteiger partial charge is 0.230 e. The molecule has 0 radical (unpaired) electrons. The molecule has 4 aromatic heterocycles. The van der Waals surface area contributed by atoms with Gasteiger partial charge in [0.1, 0.15) is 23.0 Å². The van der Waals surface area contributed by atoms with Crippen molar-refractivity contribution in [2.75, 3.05) is 100 Å². The lowest BCUT2D eigenvalue weighted by molar-refractivity contribution is 0.407. The molecular weight excluding hydrogens is 1510 g/mol. The van der Waals surface area contributed by atoms with Crippen molar-refractivity contribution in [3.63, 3.8) is 0 Å². The SMILES string of the molecule is CCN(CC)c1nc2nc(n1)SCc1cc(C(C)(C)C)cc(c1OC)CSc1nc(nc(N(CC)CC)n1)SCc1cc(C(C)(C)C)cc(c1OC)CSc1nc(nc(N(CC)CC)n1)SCc1cc(C(C)(C)C)cc(c1OC)CSc1nc(nc(N(CC)CC)n1)SCc1cc(C(C)(C)C)cc(c1OC)CS2. The first kappa shape index (κ1) is 86.1. The van der Waals surface area contributed by atoms with Crippen molar-refractivity contribution in [3.05, 3.63) is 115 Å². The van der Waals surface area contributed by atoms with Gasteiger partial charge in [0.05, 0.1) is 28.4 Å². The summed E-state index contributed by atoms with van der Waals surface area (Å²) in [4.78, 5) is 70.9. The van der Waals surface area contributed by atoms with Crippen LogP contribution in [0.3, 0.4) is 0 Å². The van der Waals surface area contributed by atoms with Crippen molar-refractivity contribution in [3.8, 4) is 23.0 Å². The van der Waals surface area contributed by atoms with E-state index in [0.29, 0.717) is 111 Å². The molecule has 0 fully saturated rings. The molecule has 0 N–H and O–H groups in total. The van der Waals surface area contributed by atoms with Crippen LogP contribution in [-0.2, 0) is 67.7 Å². The Morgan fingerprint density at radius 2 is 0.370 bits per heavy atom. The highest BCUT2D eigenvalue weighted by Gasteiger charge is 2.29. The molecule has 9 rings (SSSR count). The third-order valence-electron chi connectivity index (χ3n) is 18.6. The maximum Gasteiger partial charge on any atom is 0.230 e. The van der Waals surface area contributed by atoms with E-state index in [0.717, 1.165) is 120 Å². The molecule has 0 amide bonds. The summed E-state index contributed by atoms with van der Waals surface area (Å²) in [5, 5.41) is 5.04. The predicted octanol–water partition coefficient (Wildman–Crippen LogP) is 19.7. The molecule has 16 bridgehead atoms. The molecule has 108 heavy (non-hydrogen) atoms. The number of nitrogens with zero attached hydrogens (tertiary/aromatic N) is 16. The minimum absolute atomic E-state index is 0.182. The Labute approximate surface area is 677 Å². The molecule has 584 valence electrons. The van der Waals surface area contributed by atoms with Gasteiger partial charge in [0.2, 0.25) is 23.8 Å². The van der Waals surface area contributed by atoms with Crippen LogP contribution in [0.4, 0.5) is 23.8 Å². The second-order valence-electron chi connectivity index (χ2n) is 30.1. The van der Waals surface area contributed by atoms with E-state index in [1.165, 1.54) is 22.3 Å². The second kappa shape index (κ2) is 38.6. The molecule has 0 atom stereocenters.